The van der Waals surface area contributed by atoms with Crippen molar-refractivity contribution in [2.45, 2.75) is 142 Å². The predicted molar refractivity (Wildman–Crippen MR) is 159 cm³/mol. The van der Waals surface area contributed by atoms with Gasteiger partial charge in [-0.1, -0.05) is 103 Å². The maximum Gasteiger partial charge on any atom is 0.407 e. The molecule has 0 aromatic carbocycles. The molecule has 7 heteroatoms. The van der Waals surface area contributed by atoms with E-state index in [1.54, 1.807) is 0 Å². The number of ether oxygens (including phenoxy) is 3. The van der Waals surface area contributed by atoms with Crippen molar-refractivity contribution >= 4 is 6.09 Å². The first-order chi connectivity index (χ1) is 19.2. The number of rotatable bonds is 24. The van der Waals surface area contributed by atoms with Crippen molar-refractivity contribution in [1.82, 2.24) is 5.32 Å². The first-order valence-electron chi connectivity index (χ1n) is 16.3. The first-order valence-corrected chi connectivity index (χ1v) is 16.3. The van der Waals surface area contributed by atoms with Crippen LogP contribution in [0.15, 0.2) is 24.5 Å². The molecule has 0 radical (unpaired) electrons. The third-order valence-electron chi connectivity index (χ3n) is 7.82. The molecule has 1 saturated heterocycles. The number of carbonyl (C=O) groups excluding carboxylic acids is 1. The van der Waals surface area contributed by atoms with Gasteiger partial charge >= 0.3 is 6.09 Å². The number of pyridine rings is 1. The Kier molecular flexibility index (Phi) is 23.9. The highest BCUT2D eigenvalue weighted by Gasteiger charge is 2.26. The second-order valence-electron chi connectivity index (χ2n) is 11.4. The summed E-state index contributed by atoms with van der Waals surface area (Å²) in [6, 6.07) is 4.02. The van der Waals surface area contributed by atoms with Gasteiger partial charge in [0.25, 0.3) is 0 Å². The fourth-order valence-electron chi connectivity index (χ4n) is 5.23. The summed E-state index contributed by atoms with van der Waals surface area (Å²) in [5.74, 6) is 0.400. The molecule has 0 aliphatic carbocycles. The highest BCUT2D eigenvalue weighted by Crippen LogP contribution is 2.20. The van der Waals surface area contributed by atoms with E-state index in [0.717, 1.165) is 38.2 Å². The molecule has 232 valence electrons. The Morgan fingerprint density at radius 2 is 1.40 bits per heavy atom. The number of hydrogen-bond acceptors (Lipinski definition) is 4. The predicted octanol–water partition coefficient (Wildman–Crippen LogP) is 4.91. The third kappa shape index (κ3) is 19.2. The Morgan fingerprint density at radius 3 is 1.95 bits per heavy atom. The number of unbranched alkanes of at least 4 members (excludes halogenated alkanes) is 15. The lowest BCUT2D eigenvalue weighted by atomic mass is 10.0. The van der Waals surface area contributed by atoms with Crippen molar-refractivity contribution in [2.24, 2.45) is 5.92 Å². The van der Waals surface area contributed by atoms with Gasteiger partial charge in [-0.25, -0.2) is 9.36 Å². The van der Waals surface area contributed by atoms with Crippen LogP contribution >= 0.6 is 0 Å². The SMILES string of the molecule is CCCCCCCCCCCCCCCCCCOC[C@@H]1CO[C@@H](COC(=O)NCc2cc[n+](CC)cc2)C1.[I-]. The van der Waals surface area contributed by atoms with Gasteiger partial charge in [0.2, 0.25) is 0 Å². The Bertz CT molecular complexity index is 719. The molecule has 2 rings (SSSR count). The van der Waals surface area contributed by atoms with E-state index in [1.165, 1.54) is 96.3 Å². The Balaban J connectivity index is 0.00000800. The van der Waals surface area contributed by atoms with Gasteiger partial charge in [0.05, 0.1) is 19.3 Å². The topological polar surface area (TPSA) is 60.7 Å². The van der Waals surface area contributed by atoms with Gasteiger partial charge in [-0.2, -0.15) is 0 Å². The number of carbonyl (C=O) groups is 1. The van der Waals surface area contributed by atoms with Crippen LogP contribution < -0.4 is 33.9 Å². The number of amides is 1. The highest BCUT2D eigenvalue weighted by molar-refractivity contribution is 5.67. The lowest BCUT2D eigenvalue weighted by molar-refractivity contribution is -0.693. The molecule has 0 bridgehead atoms. The van der Waals surface area contributed by atoms with Crippen molar-refractivity contribution in [3.8, 4) is 0 Å². The molecule has 0 saturated carbocycles. The molecule has 2 atom stereocenters. The van der Waals surface area contributed by atoms with Crippen molar-refractivity contribution < 1.29 is 47.5 Å². The summed E-state index contributed by atoms with van der Waals surface area (Å²) in [5, 5.41) is 2.81. The first kappa shape index (κ1) is 37.1. The van der Waals surface area contributed by atoms with Gasteiger partial charge in [0, 0.05) is 31.2 Å². The molecule has 1 aliphatic heterocycles. The number of alkyl carbamates (subject to hydrolysis) is 1. The fraction of sp³-hybridized carbons (Fsp3) is 0.818. The van der Waals surface area contributed by atoms with Gasteiger partial charge in [-0.3, -0.25) is 0 Å². The van der Waals surface area contributed by atoms with E-state index in [9.17, 15) is 4.79 Å². The molecule has 2 heterocycles. The Morgan fingerprint density at radius 1 is 0.850 bits per heavy atom. The molecular formula is C33H59IN2O4. The average Bonchev–Trinajstić information content (AvgIpc) is 3.42. The van der Waals surface area contributed by atoms with Crippen LogP contribution in [-0.4, -0.2) is 38.6 Å². The minimum Gasteiger partial charge on any atom is -1.00 e. The van der Waals surface area contributed by atoms with E-state index in [2.05, 4.69) is 23.7 Å². The molecule has 1 amide bonds. The molecule has 0 spiro atoms. The lowest BCUT2D eigenvalue weighted by Crippen LogP contribution is -3.00. The van der Waals surface area contributed by atoms with Crippen LogP contribution in [-0.2, 0) is 27.3 Å². The average molecular weight is 675 g/mol. The summed E-state index contributed by atoms with van der Waals surface area (Å²) in [4.78, 5) is 12.0. The summed E-state index contributed by atoms with van der Waals surface area (Å²) in [6.45, 7) is 8.36. The summed E-state index contributed by atoms with van der Waals surface area (Å²) >= 11 is 0. The number of aromatic nitrogens is 1. The van der Waals surface area contributed by atoms with E-state index in [0.29, 0.717) is 25.7 Å². The molecule has 1 aromatic rings. The number of hydrogen-bond donors (Lipinski definition) is 1. The second-order valence-corrected chi connectivity index (χ2v) is 11.4. The molecule has 1 aromatic heterocycles. The monoisotopic (exact) mass is 674 g/mol. The smallest absolute Gasteiger partial charge is 0.407 e. The summed E-state index contributed by atoms with van der Waals surface area (Å²) in [5.41, 5.74) is 1.05. The Hall–Kier alpha value is -0.930. The molecule has 1 fully saturated rings. The molecule has 40 heavy (non-hydrogen) atoms. The van der Waals surface area contributed by atoms with Crippen LogP contribution in [0.25, 0.3) is 0 Å². The van der Waals surface area contributed by atoms with Crippen LogP contribution in [0.1, 0.15) is 129 Å². The van der Waals surface area contributed by atoms with Crippen molar-refractivity contribution in [3.05, 3.63) is 30.1 Å². The fourth-order valence-corrected chi connectivity index (χ4v) is 5.23. The van der Waals surface area contributed by atoms with E-state index in [4.69, 9.17) is 14.2 Å². The van der Waals surface area contributed by atoms with Crippen LogP contribution in [0.3, 0.4) is 0 Å². The molecule has 6 nitrogen and oxygen atoms in total. The van der Waals surface area contributed by atoms with Crippen LogP contribution in [0.2, 0.25) is 0 Å². The number of nitrogens with zero attached hydrogens (tertiary/aromatic N) is 1. The van der Waals surface area contributed by atoms with E-state index >= 15 is 0 Å². The standard InChI is InChI=1S/C33H58N2O4.HI/c1-3-5-6-7-8-9-10-11-12-13-14-15-16-17-18-19-24-37-27-31-25-32(38-28-31)29-39-33(36)34-26-30-20-22-35(4-2)23-21-30;/h20-23,31-32H,3-19,24-29H2,1-2H3;1H/t31-,32-;/m1./s1. The zero-order valence-corrected chi connectivity index (χ0v) is 27.8. The van der Waals surface area contributed by atoms with Crippen molar-refractivity contribution in [3.63, 3.8) is 0 Å². The van der Waals surface area contributed by atoms with Gasteiger partial charge < -0.3 is 43.5 Å². The van der Waals surface area contributed by atoms with Gasteiger partial charge in [-0.15, -0.1) is 0 Å². The molecule has 1 N–H and O–H groups in total. The highest BCUT2D eigenvalue weighted by atomic mass is 127. The number of aryl methyl sites for hydroxylation is 1. The minimum absolute atomic E-state index is 0. The maximum absolute atomic E-state index is 12.0. The van der Waals surface area contributed by atoms with Gasteiger partial charge in [-0.05, 0) is 25.3 Å². The molecule has 1 aliphatic rings. The van der Waals surface area contributed by atoms with Crippen LogP contribution in [0, 0.1) is 5.92 Å². The normalized spacial score (nSPS) is 16.6. The van der Waals surface area contributed by atoms with E-state index in [-0.39, 0.29) is 30.1 Å². The minimum atomic E-state index is -0.394. The zero-order chi connectivity index (χ0) is 27.8. The van der Waals surface area contributed by atoms with Crippen LogP contribution in [0.4, 0.5) is 4.79 Å². The largest absolute Gasteiger partial charge is 1.00 e. The summed E-state index contributed by atoms with van der Waals surface area (Å²) in [6.07, 6.45) is 26.7. The van der Waals surface area contributed by atoms with Gasteiger partial charge in [0.15, 0.2) is 12.4 Å². The number of nitrogens with one attached hydrogen (secondary N) is 1. The molecule has 0 unspecified atom stereocenters. The maximum atomic E-state index is 12.0. The van der Waals surface area contributed by atoms with Crippen LogP contribution in [0.5, 0.6) is 0 Å². The second kappa shape index (κ2) is 25.8. The lowest BCUT2D eigenvalue weighted by Gasteiger charge is -2.11. The zero-order valence-electron chi connectivity index (χ0n) is 25.7. The van der Waals surface area contributed by atoms with E-state index in [1.807, 2.05) is 24.5 Å². The quantitative estimate of drug-likeness (QED) is 0.0963. The van der Waals surface area contributed by atoms with E-state index < -0.39 is 6.09 Å². The van der Waals surface area contributed by atoms with Crippen molar-refractivity contribution in [1.29, 1.82) is 0 Å². The Labute approximate surface area is 262 Å². The number of halogens is 1. The summed E-state index contributed by atoms with van der Waals surface area (Å²) < 4.78 is 19.2. The van der Waals surface area contributed by atoms with Crippen molar-refractivity contribution in [2.75, 3.05) is 26.4 Å². The summed E-state index contributed by atoms with van der Waals surface area (Å²) in [7, 11) is 0. The third-order valence-corrected chi connectivity index (χ3v) is 7.82. The van der Waals surface area contributed by atoms with Gasteiger partial charge in [0.1, 0.15) is 13.2 Å². The molecular weight excluding hydrogens is 615 g/mol.